The first-order valence-electron chi connectivity index (χ1n) is 6.68. The zero-order valence-electron chi connectivity index (χ0n) is 12.4. The summed E-state index contributed by atoms with van der Waals surface area (Å²) in [6.45, 7) is 6.26. The smallest absolute Gasteiger partial charge is 0.125 e. The van der Waals surface area contributed by atoms with Crippen LogP contribution in [0.4, 0.5) is 4.39 Å². The lowest BCUT2D eigenvalue weighted by Gasteiger charge is -2.15. The van der Waals surface area contributed by atoms with E-state index in [1.807, 2.05) is 26.8 Å². The van der Waals surface area contributed by atoms with Gasteiger partial charge in [0.25, 0.3) is 0 Å². The molecule has 0 saturated carbocycles. The van der Waals surface area contributed by atoms with Gasteiger partial charge in [-0.05, 0) is 55.7 Å². The minimum atomic E-state index is -0.328. The minimum Gasteiger partial charge on any atom is -0.488 e. The van der Waals surface area contributed by atoms with E-state index in [-0.39, 0.29) is 17.4 Å². The third-order valence-corrected chi connectivity index (χ3v) is 3.80. The Balaban J connectivity index is 2.31. The Bertz CT molecular complexity index is 697. The summed E-state index contributed by atoms with van der Waals surface area (Å²) in [4.78, 5) is 0.242. The van der Waals surface area contributed by atoms with Crippen molar-refractivity contribution < 1.29 is 9.13 Å². The van der Waals surface area contributed by atoms with Crippen molar-refractivity contribution in [2.45, 2.75) is 27.4 Å². The normalized spacial score (nSPS) is 10.5. The van der Waals surface area contributed by atoms with E-state index in [9.17, 15) is 4.39 Å². The van der Waals surface area contributed by atoms with Crippen LogP contribution < -0.4 is 10.5 Å². The molecule has 2 aromatic rings. The van der Waals surface area contributed by atoms with Crippen LogP contribution in [0.1, 0.15) is 27.8 Å². The average Bonchev–Trinajstić information content (AvgIpc) is 2.43. The van der Waals surface area contributed by atoms with E-state index in [0.717, 1.165) is 22.4 Å². The van der Waals surface area contributed by atoms with Crippen LogP contribution in [0.25, 0.3) is 0 Å². The molecular weight excluding hydrogens is 285 g/mol. The quantitative estimate of drug-likeness (QED) is 0.868. The van der Waals surface area contributed by atoms with Gasteiger partial charge in [-0.1, -0.05) is 24.4 Å². The number of rotatable bonds is 4. The Morgan fingerprint density at radius 2 is 1.81 bits per heavy atom. The summed E-state index contributed by atoms with van der Waals surface area (Å²) in [5.74, 6) is 0.499. The van der Waals surface area contributed by atoms with Gasteiger partial charge < -0.3 is 10.5 Å². The first kappa shape index (κ1) is 15.4. The molecule has 2 rings (SSSR count). The molecule has 0 fully saturated rings. The van der Waals surface area contributed by atoms with Gasteiger partial charge in [-0.15, -0.1) is 0 Å². The maximum Gasteiger partial charge on any atom is 0.125 e. The van der Waals surface area contributed by atoms with Crippen LogP contribution in [-0.4, -0.2) is 4.99 Å². The molecule has 0 aliphatic rings. The maximum absolute atomic E-state index is 13.4. The summed E-state index contributed by atoms with van der Waals surface area (Å²) in [5, 5.41) is 0. The molecule has 0 unspecified atom stereocenters. The molecule has 2 nitrogen and oxygen atoms in total. The first-order valence-corrected chi connectivity index (χ1v) is 7.09. The second kappa shape index (κ2) is 6.22. The number of benzene rings is 2. The second-order valence-corrected chi connectivity index (χ2v) is 5.55. The van der Waals surface area contributed by atoms with Crippen LogP contribution in [0.15, 0.2) is 30.3 Å². The molecule has 0 aliphatic heterocycles. The third kappa shape index (κ3) is 3.39. The number of aryl methyl sites for hydroxylation is 2. The Morgan fingerprint density at radius 1 is 1.14 bits per heavy atom. The van der Waals surface area contributed by atoms with E-state index in [1.54, 1.807) is 6.07 Å². The third-order valence-electron chi connectivity index (χ3n) is 3.58. The molecule has 0 spiro atoms. The number of hydrogen-bond donors (Lipinski definition) is 1. The highest BCUT2D eigenvalue weighted by Gasteiger charge is 2.10. The molecule has 110 valence electrons. The lowest BCUT2D eigenvalue weighted by atomic mass is 10.0. The number of hydrogen-bond acceptors (Lipinski definition) is 2. The summed E-state index contributed by atoms with van der Waals surface area (Å²) in [7, 11) is 0. The highest BCUT2D eigenvalue weighted by molar-refractivity contribution is 7.80. The summed E-state index contributed by atoms with van der Waals surface area (Å²) >= 11 is 5.00. The molecular formula is C17H18FNOS. The molecule has 4 heteroatoms. The molecule has 0 aliphatic carbocycles. The van der Waals surface area contributed by atoms with Crippen molar-refractivity contribution in [2.75, 3.05) is 0 Å². The van der Waals surface area contributed by atoms with Gasteiger partial charge in [-0.3, -0.25) is 0 Å². The van der Waals surface area contributed by atoms with Crippen molar-refractivity contribution in [1.82, 2.24) is 0 Å². The minimum absolute atomic E-state index is 0.232. The lowest BCUT2D eigenvalue weighted by Crippen LogP contribution is -2.14. The molecule has 0 amide bonds. The Hall–Kier alpha value is -1.94. The average molecular weight is 303 g/mol. The molecule has 0 saturated heterocycles. The Kier molecular flexibility index (Phi) is 4.58. The molecule has 0 bridgehead atoms. The zero-order chi connectivity index (χ0) is 15.6. The van der Waals surface area contributed by atoms with Crippen molar-refractivity contribution in [3.8, 4) is 5.75 Å². The van der Waals surface area contributed by atoms with Crippen LogP contribution >= 0.6 is 12.2 Å². The van der Waals surface area contributed by atoms with Crippen molar-refractivity contribution >= 4 is 17.2 Å². The summed E-state index contributed by atoms with van der Waals surface area (Å²) in [5.41, 5.74) is 10.3. The monoisotopic (exact) mass is 303 g/mol. The fourth-order valence-electron chi connectivity index (χ4n) is 2.22. The maximum atomic E-state index is 13.4. The van der Waals surface area contributed by atoms with Gasteiger partial charge in [0.05, 0.1) is 0 Å². The van der Waals surface area contributed by atoms with E-state index < -0.39 is 0 Å². The SMILES string of the molecule is Cc1ccc(C)c(OCc2cc(F)ccc2C(N)=S)c1C. The van der Waals surface area contributed by atoms with Gasteiger partial charge in [-0.2, -0.15) is 0 Å². The van der Waals surface area contributed by atoms with E-state index in [1.165, 1.54) is 12.1 Å². The predicted molar refractivity (Wildman–Crippen MR) is 87.3 cm³/mol. The molecule has 0 heterocycles. The van der Waals surface area contributed by atoms with Crippen LogP contribution in [0.2, 0.25) is 0 Å². The van der Waals surface area contributed by atoms with Crippen molar-refractivity contribution in [3.05, 3.63) is 64.0 Å². The largest absolute Gasteiger partial charge is 0.488 e. The number of halogens is 1. The molecule has 21 heavy (non-hydrogen) atoms. The van der Waals surface area contributed by atoms with Gasteiger partial charge in [0.1, 0.15) is 23.2 Å². The van der Waals surface area contributed by atoms with E-state index >= 15 is 0 Å². The van der Waals surface area contributed by atoms with Gasteiger partial charge in [0.15, 0.2) is 0 Å². The molecule has 0 atom stereocenters. The molecule has 2 N–H and O–H groups in total. The zero-order valence-corrected chi connectivity index (χ0v) is 13.2. The Morgan fingerprint density at radius 3 is 2.48 bits per heavy atom. The highest BCUT2D eigenvalue weighted by atomic mass is 32.1. The molecule has 0 radical (unpaired) electrons. The fourth-order valence-corrected chi connectivity index (χ4v) is 2.42. The van der Waals surface area contributed by atoms with Crippen molar-refractivity contribution in [1.29, 1.82) is 0 Å². The second-order valence-electron chi connectivity index (χ2n) is 5.11. The standard InChI is InChI=1S/C17H18FNOS/c1-10-4-5-11(2)16(12(10)3)20-9-13-8-14(18)6-7-15(13)17(19)21/h4-8H,9H2,1-3H3,(H2,19,21). The van der Waals surface area contributed by atoms with E-state index in [4.69, 9.17) is 22.7 Å². The highest BCUT2D eigenvalue weighted by Crippen LogP contribution is 2.27. The van der Waals surface area contributed by atoms with Crippen molar-refractivity contribution in [3.63, 3.8) is 0 Å². The number of nitrogens with two attached hydrogens (primary N) is 1. The molecule has 0 aromatic heterocycles. The fraction of sp³-hybridized carbons (Fsp3) is 0.235. The Labute approximate surface area is 129 Å². The lowest BCUT2D eigenvalue weighted by molar-refractivity contribution is 0.301. The van der Waals surface area contributed by atoms with Crippen molar-refractivity contribution in [2.24, 2.45) is 5.73 Å². The first-order chi connectivity index (χ1) is 9.90. The summed E-state index contributed by atoms with van der Waals surface area (Å²) < 4.78 is 19.3. The van der Waals surface area contributed by atoms with Crippen LogP contribution in [0, 0.1) is 26.6 Å². The van der Waals surface area contributed by atoms with Crippen LogP contribution in [0.5, 0.6) is 5.75 Å². The van der Waals surface area contributed by atoms with Gasteiger partial charge in [0, 0.05) is 11.1 Å². The number of thiocarbonyl (C=S) groups is 1. The van der Waals surface area contributed by atoms with E-state index in [2.05, 4.69) is 6.07 Å². The summed E-state index contributed by atoms with van der Waals surface area (Å²) in [6.07, 6.45) is 0. The van der Waals surface area contributed by atoms with Crippen LogP contribution in [-0.2, 0) is 6.61 Å². The van der Waals surface area contributed by atoms with Crippen LogP contribution in [0.3, 0.4) is 0 Å². The van der Waals surface area contributed by atoms with Gasteiger partial charge in [0.2, 0.25) is 0 Å². The molecule has 2 aromatic carbocycles. The van der Waals surface area contributed by atoms with Gasteiger partial charge >= 0.3 is 0 Å². The van der Waals surface area contributed by atoms with E-state index in [0.29, 0.717) is 11.1 Å². The number of ether oxygens (including phenoxy) is 1. The predicted octanol–water partition coefficient (Wildman–Crippen LogP) is 3.96. The van der Waals surface area contributed by atoms with Gasteiger partial charge in [-0.25, -0.2) is 4.39 Å². The summed E-state index contributed by atoms with van der Waals surface area (Å²) in [6, 6.07) is 8.42. The topological polar surface area (TPSA) is 35.2 Å².